The van der Waals surface area contributed by atoms with Gasteiger partial charge in [0.25, 0.3) is 0 Å². The van der Waals surface area contributed by atoms with E-state index in [4.69, 9.17) is 14.2 Å². The third kappa shape index (κ3) is 10.9. The summed E-state index contributed by atoms with van der Waals surface area (Å²) >= 11 is 0. The van der Waals surface area contributed by atoms with Crippen LogP contribution in [0.25, 0.3) is 0 Å². The molecule has 7 heteroatoms. The van der Waals surface area contributed by atoms with Crippen LogP contribution in [0.3, 0.4) is 0 Å². The van der Waals surface area contributed by atoms with E-state index in [2.05, 4.69) is 119 Å². The average molecular weight is 709 g/mol. The molecule has 0 aromatic heterocycles. The molecular weight excluding hydrogens is 652 g/mol. The molecule has 0 aliphatic carbocycles. The summed E-state index contributed by atoms with van der Waals surface area (Å²) in [4.78, 5) is 23.4. The minimum Gasteiger partial charge on any atom is -0.489 e. The summed E-state index contributed by atoms with van der Waals surface area (Å²) in [5.74, 6) is -1.19. The van der Waals surface area contributed by atoms with Crippen molar-refractivity contribution in [2.24, 2.45) is 0 Å². The Labute approximate surface area is 310 Å². The van der Waals surface area contributed by atoms with Crippen LogP contribution >= 0.6 is 0 Å². The van der Waals surface area contributed by atoms with Gasteiger partial charge in [0.1, 0.15) is 37.1 Å². The molecule has 0 amide bonds. The monoisotopic (exact) mass is 708 g/mol. The van der Waals surface area contributed by atoms with Gasteiger partial charge in [0.2, 0.25) is 0 Å². The van der Waals surface area contributed by atoms with Gasteiger partial charge in [0.05, 0.1) is 11.1 Å². The highest BCUT2D eigenvalue weighted by Crippen LogP contribution is 2.34. The number of hydrogen-bond acceptors (Lipinski definition) is 5. The van der Waals surface area contributed by atoms with Crippen LogP contribution in [0, 0.1) is 0 Å². The molecule has 4 aromatic carbocycles. The first kappa shape index (κ1) is 40.0. The number of hydrogen-bond donors (Lipinski definition) is 2. The Kier molecular flexibility index (Phi) is 11.6. The molecule has 0 unspecified atom stereocenters. The third-order valence-corrected chi connectivity index (χ3v) is 9.01. The van der Waals surface area contributed by atoms with Gasteiger partial charge in [-0.15, -0.1) is 0 Å². The van der Waals surface area contributed by atoms with E-state index in [1.165, 1.54) is 34.4 Å². The second-order valence-electron chi connectivity index (χ2n) is 17.9. The Hall–Kier alpha value is -4.78. The highest BCUT2D eigenvalue weighted by atomic mass is 16.5. The van der Waals surface area contributed by atoms with Crippen LogP contribution in [0.2, 0.25) is 0 Å². The largest absolute Gasteiger partial charge is 0.489 e. The van der Waals surface area contributed by atoms with E-state index in [1.807, 2.05) is 18.2 Å². The van der Waals surface area contributed by atoms with Crippen LogP contribution in [0.4, 0.5) is 0 Å². The van der Waals surface area contributed by atoms with Gasteiger partial charge < -0.3 is 24.4 Å². The number of rotatable bonds is 11. The van der Waals surface area contributed by atoms with E-state index in [-0.39, 0.29) is 45.1 Å². The van der Waals surface area contributed by atoms with Crippen molar-refractivity contribution in [3.8, 4) is 17.2 Å². The molecule has 2 N–H and O–H groups in total. The summed E-state index contributed by atoms with van der Waals surface area (Å²) in [6.45, 7) is 27.2. The van der Waals surface area contributed by atoms with Gasteiger partial charge in [-0.25, -0.2) is 9.59 Å². The maximum absolute atomic E-state index is 11.7. The molecule has 0 aliphatic heterocycles. The number of carboxylic acids is 2. The molecule has 0 saturated heterocycles. The lowest BCUT2D eigenvalue weighted by Gasteiger charge is -2.26. The summed E-state index contributed by atoms with van der Waals surface area (Å²) in [6, 6.07) is 22.7. The van der Waals surface area contributed by atoms with Crippen LogP contribution in [0.5, 0.6) is 17.2 Å². The summed E-state index contributed by atoms with van der Waals surface area (Å²) < 4.78 is 18.9. The second-order valence-corrected chi connectivity index (χ2v) is 17.9. The fourth-order valence-corrected chi connectivity index (χ4v) is 5.59. The Morgan fingerprint density at radius 3 is 0.942 bits per heavy atom. The zero-order chi connectivity index (χ0) is 38.8. The normalized spacial score (nSPS) is 12.4. The number of carboxylic acid groups (broad SMARTS) is 2. The van der Waals surface area contributed by atoms with Crippen molar-refractivity contribution >= 4 is 11.9 Å². The van der Waals surface area contributed by atoms with E-state index in [9.17, 15) is 19.8 Å². The lowest BCUT2D eigenvalue weighted by Crippen LogP contribution is -2.17. The molecule has 0 radical (unpaired) electrons. The lowest BCUT2D eigenvalue weighted by molar-refractivity contribution is 0.0696. The molecule has 0 atom stereocenters. The van der Waals surface area contributed by atoms with Crippen molar-refractivity contribution in [3.63, 3.8) is 0 Å². The van der Waals surface area contributed by atoms with Crippen LogP contribution in [0.1, 0.15) is 143 Å². The van der Waals surface area contributed by atoms with Gasteiger partial charge in [0.15, 0.2) is 0 Å². The zero-order valence-electron chi connectivity index (χ0n) is 33.0. The van der Waals surface area contributed by atoms with Crippen molar-refractivity contribution in [1.29, 1.82) is 0 Å². The van der Waals surface area contributed by atoms with Crippen molar-refractivity contribution < 1.29 is 34.0 Å². The number of ether oxygens (including phenoxy) is 3. The van der Waals surface area contributed by atoms with Gasteiger partial charge in [-0.3, -0.25) is 0 Å². The minimum atomic E-state index is -1.24. The fourth-order valence-electron chi connectivity index (χ4n) is 5.59. The topological polar surface area (TPSA) is 102 Å². The predicted octanol–water partition coefficient (Wildman–Crippen LogP) is 11.0. The molecule has 0 bridgehead atoms. The van der Waals surface area contributed by atoms with Crippen molar-refractivity contribution in [2.45, 2.75) is 125 Å². The maximum atomic E-state index is 11.7. The van der Waals surface area contributed by atoms with Gasteiger partial charge in [-0.05, 0) is 90.9 Å². The summed E-state index contributed by atoms with van der Waals surface area (Å²) in [5, 5.41) is 19.1. The molecule has 52 heavy (non-hydrogen) atoms. The first-order chi connectivity index (χ1) is 23.9. The molecule has 7 nitrogen and oxygen atoms in total. The first-order valence-electron chi connectivity index (χ1n) is 17.8. The van der Waals surface area contributed by atoms with Crippen LogP contribution in [-0.4, -0.2) is 22.2 Å². The van der Waals surface area contributed by atoms with Crippen molar-refractivity contribution in [3.05, 3.63) is 123 Å². The van der Waals surface area contributed by atoms with Crippen molar-refractivity contribution in [1.82, 2.24) is 0 Å². The Bertz CT molecular complexity index is 1730. The smallest absolute Gasteiger partial charge is 0.335 e. The van der Waals surface area contributed by atoms with Gasteiger partial charge in [-0.2, -0.15) is 0 Å². The van der Waals surface area contributed by atoms with E-state index in [0.717, 1.165) is 17.2 Å². The summed E-state index contributed by atoms with van der Waals surface area (Å²) in [6.07, 6.45) is 0. The lowest BCUT2D eigenvalue weighted by atomic mass is 9.79. The van der Waals surface area contributed by atoms with E-state index < -0.39 is 11.9 Å². The molecule has 278 valence electrons. The molecule has 0 heterocycles. The molecule has 0 saturated carbocycles. The highest BCUT2D eigenvalue weighted by Gasteiger charge is 2.22. The minimum absolute atomic E-state index is 0.0249. The van der Waals surface area contributed by atoms with Crippen molar-refractivity contribution in [2.75, 3.05) is 0 Å². The van der Waals surface area contributed by atoms with E-state index in [1.54, 1.807) is 0 Å². The Morgan fingerprint density at radius 1 is 0.404 bits per heavy atom. The molecule has 0 aliphatic rings. The quantitative estimate of drug-likeness (QED) is 0.160. The fraction of sp³-hybridized carbons (Fsp3) is 0.422. The number of aromatic carboxylic acids is 2. The molecule has 4 rings (SSSR count). The first-order valence-corrected chi connectivity index (χ1v) is 17.8. The predicted molar refractivity (Wildman–Crippen MR) is 207 cm³/mol. The standard InChI is InChI=1S/C45H56O7/c1-42(2,3)33-13-28(14-34(22-33)43(4,5)6)25-50-37-17-30(27-52-39-20-31(40(46)47)19-32(21-39)41(48)49)18-38(24-37)51-26-29-15-35(44(7,8)9)23-36(16-29)45(10,11)12/h13-24H,25-27H2,1-12H3,(H,46,47)(H,48,49). The van der Waals surface area contributed by atoms with Crippen LogP contribution in [-0.2, 0) is 41.5 Å². The zero-order valence-corrected chi connectivity index (χ0v) is 33.0. The maximum Gasteiger partial charge on any atom is 0.335 e. The summed E-state index contributed by atoms with van der Waals surface area (Å²) in [5.41, 5.74) is 7.28. The highest BCUT2D eigenvalue weighted by molar-refractivity contribution is 5.94. The number of benzene rings is 4. The van der Waals surface area contributed by atoms with E-state index in [0.29, 0.717) is 30.3 Å². The molecule has 4 aromatic rings. The summed E-state index contributed by atoms with van der Waals surface area (Å²) in [7, 11) is 0. The van der Waals surface area contributed by atoms with Gasteiger partial charge >= 0.3 is 11.9 Å². The Balaban J connectivity index is 1.69. The average Bonchev–Trinajstić information content (AvgIpc) is 3.03. The molecular formula is C45H56O7. The number of carbonyl (C=O) groups is 2. The third-order valence-electron chi connectivity index (χ3n) is 9.01. The van der Waals surface area contributed by atoms with Gasteiger partial charge in [-0.1, -0.05) is 119 Å². The van der Waals surface area contributed by atoms with Crippen LogP contribution < -0.4 is 14.2 Å². The second kappa shape index (κ2) is 15.1. The molecule has 0 spiro atoms. The van der Waals surface area contributed by atoms with Crippen LogP contribution in [0.15, 0.2) is 72.8 Å². The van der Waals surface area contributed by atoms with Gasteiger partial charge in [0, 0.05) is 6.07 Å². The Morgan fingerprint density at radius 2 is 0.673 bits per heavy atom. The van der Waals surface area contributed by atoms with E-state index >= 15 is 0 Å². The SMILES string of the molecule is CC(C)(C)c1cc(COc2cc(COc3cc(C(=O)O)cc(C(=O)O)c3)cc(OCc3cc(C(C)(C)C)cc(C(C)(C)C)c3)c2)cc(C(C)(C)C)c1. The molecule has 0 fully saturated rings.